The van der Waals surface area contributed by atoms with Gasteiger partial charge in [-0.25, -0.2) is 4.79 Å². The Hall–Kier alpha value is -3.43. The van der Waals surface area contributed by atoms with Crippen LogP contribution < -0.4 is 16.0 Å². The van der Waals surface area contributed by atoms with E-state index >= 15 is 0 Å². The minimum atomic E-state index is -0.752. The lowest BCUT2D eigenvalue weighted by atomic mass is 9.85. The molecular formula is C35H48BrN3O5. The van der Waals surface area contributed by atoms with Gasteiger partial charge in [0.1, 0.15) is 11.6 Å². The molecule has 0 heterocycles. The van der Waals surface area contributed by atoms with Crippen molar-refractivity contribution in [2.45, 2.75) is 64.7 Å². The van der Waals surface area contributed by atoms with Gasteiger partial charge in [0, 0.05) is 24.8 Å². The van der Waals surface area contributed by atoms with E-state index in [-0.39, 0.29) is 17.7 Å². The van der Waals surface area contributed by atoms with Gasteiger partial charge >= 0.3 is 6.09 Å². The second kappa shape index (κ2) is 20.5. The van der Waals surface area contributed by atoms with E-state index in [1.807, 2.05) is 78.9 Å². The molecule has 3 amide bonds. The highest BCUT2D eigenvalue weighted by molar-refractivity contribution is 9.09. The SMILES string of the molecule is CNC(=O)[C@@H](CCCNC(=O)OC(C)(C)C)NC(=O)C(C/C=C/c1ccccc1)[C@H](C/C=C/CBr)COCc1ccccc1. The van der Waals surface area contributed by atoms with Crippen molar-refractivity contribution in [3.63, 3.8) is 0 Å². The van der Waals surface area contributed by atoms with Gasteiger partial charge in [-0.1, -0.05) is 101 Å². The van der Waals surface area contributed by atoms with Gasteiger partial charge in [0.15, 0.2) is 0 Å². The van der Waals surface area contributed by atoms with Crippen LogP contribution in [-0.2, 0) is 25.7 Å². The first kappa shape index (κ1) is 36.8. The molecule has 0 bridgehead atoms. The van der Waals surface area contributed by atoms with Crippen molar-refractivity contribution in [3.05, 3.63) is 90.0 Å². The molecule has 0 aromatic heterocycles. The smallest absolute Gasteiger partial charge is 0.407 e. The molecule has 3 atom stereocenters. The molecular weight excluding hydrogens is 622 g/mol. The van der Waals surface area contributed by atoms with Crippen molar-refractivity contribution in [2.24, 2.45) is 11.8 Å². The molecule has 0 fully saturated rings. The van der Waals surface area contributed by atoms with E-state index in [2.05, 4.69) is 38.0 Å². The van der Waals surface area contributed by atoms with Crippen LogP contribution in [0.3, 0.4) is 0 Å². The number of hydrogen-bond acceptors (Lipinski definition) is 5. The first-order valence-electron chi connectivity index (χ1n) is 15.2. The molecule has 9 heteroatoms. The molecule has 0 saturated carbocycles. The van der Waals surface area contributed by atoms with E-state index in [9.17, 15) is 14.4 Å². The predicted molar refractivity (Wildman–Crippen MR) is 180 cm³/mol. The van der Waals surface area contributed by atoms with Crippen LogP contribution in [0.25, 0.3) is 6.08 Å². The number of carbonyl (C=O) groups is 3. The number of carbonyl (C=O) groups excluding carboxylic acids is 3. The maximum Gasteiger partial charge on any atom is 0.407 e. The fraction of sp³-hybridized carbons (Fsp3) is 0.457. The number of allylic oxidation sites excluding steroid dienone is 3. The van der Waals surface area contributed by atoms with Gasteiger partial charge in [-0.2, -0.15) is 0 Å². The molecule has 0 radical (unpaired) electrons. The van der Waals surface area contributed by atoms with Gasteiger partial charge < -0.3 is 25.4 Å². The standard InChI is InChI=1S/C35H48BrN3O5/c1-35(2,3)44-34(42)38-24-14-22-31(33(41)37-4)39-32(40)30(21-13-19-27-15-7-5-8-16-27)29(20-11-12-23-36)26-43-25-28-17-9-6-10-18-28/h5-13,15-19,29-31H,14,20-26H2,1-4H3,(H,37,41)(H,38,42)(H,39,40)/b12-11+,19-13+/t29-,30?,31-/m1/s1. The molecule has 3 N–H and O–H groups in total. The molecule has 0 saturated heterocycles. The number of alkyl carbamates (subject to hydrolysis) is 1. The Morgan fingerprint density at radius 3 is 2.23 bits per heavy atom. The topological polar surface area (TPSA) is 106 Å². The zero-order chi connectivity index (χ0) is 32.2. The second-order valence-corrected chi connectivity index (χ2v) is 12.2. The Kier molecular flexibility index (Phi) is 17.1. The molecule has 2 aromatic carbocycles. The number of halogens is 1. The Bertz CT molecular complexity index is 1180. The fourth-order valence-electron chi connectivity index (χ4n) is 4.55. The van der Waals surface area contributed by atoms with E-state index < -0.39 is 23.7 Å². The third-order valence-corrected chi connectivity index (χ3v) is 7.13. The van der Waals surface area contributed by atoms with E-state index in [4.69, 9.17) is 9.47 Å². The summed E-state index contributed by atoms with van der Waals surface area (Å²) in [5.74, 6) is -1.08. The summed E-state index contributed by atoms with van der Waals surface area (Å²) in [6.07, 6.45) is 9.53. The Balaban J connectivity index is 2.18. The number of amides is 3. The molecule has 2 aromatic rings. The van der Waals surface area contributed by atoms with Gasteiger partial charge in [-0.3, -0.25) is 9.59 Å². The highest BCUT2D eigenvalue weighted by Crippen LogP contribution is 2.24. The summed E-state index contributed by atoms with van der Waals surface area (Å²) >= 11 is 3.44. The quantitative estimate of drug-likeness (QED) is 0.0966. The van der Waals surface area contributed by atoms with Crippen LogP contribution in [0.4, 0.5) is 4.79 Å². The van der Waals surface area contributed by atoms with Crippen LogP contribution in [0.5, 0.6) is 0 Å². The molecule has 8 nitrogen and oxygen atoms in total. The lowest BCUT2D eigenvalue weighted by molar-refractivity contribution is -0.132. The molecule has 2 rings (SSSR count). The number of likely N-dealkylation sites (N-methyl/N-ethyl adjacent to an activating group) is 1. The normalized spacial score (nSPS) is 13.8. The number of nitrogens with one attached hydrogen (secondary N) is 3. The molecule has 44 heavy (non-hydrogen) atoms. The lowest BCUT2D eigenvalue weighted by Gasteiger charge is -2.27. The maximum absolute atomic E-state index is 13.9. The lowest BCUT2D eigenvalue weighted by Crippen LogP contribution is -2.49. The van der Waals surface area contributed by atoms with Crippen LogP contribution in [0.1, 0.15) is 57.6 Å². The summed E-state index contributed by atoms with van der Waals surface area (Å²) < 4.78 is 11.4. The van der Waals surface area contributed by atoms with E-state index in [1.165, 1.54) is 0 Å². The van der Waals surface area contributed by atoms with Crippen molar-refractivity contribution in [3.8, 4) is 0 Å². The summed E-state index contributed by atoms with van der Waals surface area (Å²) in [6, 6.07) is 19.1. The minimum absolute atomic E-state index is 0.131. The van der Waals surface area contributed by atoms with Gasteiger partial charge in [0.05, 0.1) is 13.2 Å². The highest BCUT2D eigenvalue weighted by atomic mass is 79.9. The number of rotatable bonds is 18. The highest BCUT2D eigenvalue weighted by Gasteiger charge is 2.30. The van der Waals surface area contributed by atoms with Crippen molar-refractivity contribution in [1.82, 2.24) is 16.0 Å². The van der Waals surface area contributed by atoms with Crippen LogP contribution >= 0.6 is 15.9 Å². The maximum atomic E-state index is 13.9. The first-order chi connectivity index (χ1) is 21.1. The number of hydrogen-bond donors (Lipinski definition) is 3. The average molecular weight is 671 g/mol. The molecule has 1 unspecified atom stereocenters. The minimum Gasteiger partial charge on any atom is -0.444 e. The summed E-state index contributed by atoms with van der Waals surface area (Å²) in [6.45, 7) is 6.53. The van der Waals surface area contributed by atoms with Crippen molar-refractivity contribution >= 4 is 39.9 Å². The monoisotopic (exact) mass is 669 g/mol. The number of ether oxygens (including phenoxy) is 2. The predicted octanol–water partition coefficient (Wildman–Crippen LogP) is 6.42. The van der Waals surface area contributed by atoms with Crippen LogP contribution in [0.2, 0.25) is 0 Å². The van der Waals surface area contributed by atoms with Crippen LogP contribution in [-0.4, -0.2) is 55.1 Å². The molecule has 0 spiro atoms. The van der Waals surface area contributed by atoms with Gasteiger partial charge in [0.25, 0.3) is 0 Å². The summed E-state index contributed by atoms with van der Waals surface area (Å²) in [5, 5.41) is 9.09. The van der Waals surface area contributed by atoms with Gasteiger partial charge in [-0.05, 0) is 63.5 Å². The Labute approximate surface area is 271 Å². The molecule has 0 aliphatic heterocycles. The van der Waals surface area contributed by atoms with Gasteiger partial charge in [-0.15, -0.1) is 0 Å². The van der Waals surface area contributed by atoms with E-state index in [0.29, 0.717) is 50.8 Å². The molecule has 0 aliphatic rings. The number of benzene rings is 2. The van der Waals surface area contributed by atoms with Crippen molar-refractivity contribution < 1.29 is 23.9 Å². The summed E-state index contributed by atoms with van der Waals surface area (Å²) in [5.41, 5.74) is 1.51. The molecule has 240 valence electrons. The third-order valence-electron chi connectivity index (χ3n) is 6.76. The number of alkyl halides is 1. The summed E-state index contributed by atoms with van der Waals surface area (Å²) in [4.78, 5) is 38.7. The third kappa shape index (κ3) is 15.3. The zero-order valence-electron chi connectivity index (χ0n) is 26.4. The van der Waals surface area contributed by atoms with Crippen molar-refractivity contribution in [1.29, 1.82) is 0 Å². The van der Waals surface area contributed by atoms with Crippen LogP contribution in [0.15, 0.2) is 78.9 Å². The van der Waals surface area contributed by atoms with E-state index in [0.717, 1.165) is 11.1 Å². The van der Waals surface area contributed by atoms with Crippen LogP contribution in [0, 0.1) is 11.8 Å². The second-order valence-electron chi connectivity index (χ2n) is 11.5. The largest absolute Gasteiger partial charge is 0.444 e. The first-order valence-corrected chi connectivity index (χ1v) is 16.3. The average Bonchev–Trinajstić information content (AvgIpc) is 3.00. The Morgan fingerprint density at radius 2 is 1.59 bits per heavy atom. The molecule has 0 aliphatic carbocycles. The van der Waals surface area contributed by atoms with E-state index in [1.54, 1.807) is 27.8 Å². The van der Waals surface area contributed by atoms with Gasteiger partial charge in [0.2, 0.25) is 11.8 Å². The zero-order valence-corrected chi connectivity index (χ0v) is 28.0. The summed E-state index contributed by atoms with van der Waals surface area (Å²) in [7, 11) is 1.55. The van der Waals surface area contributed by atoms with Crippen molar-refractivity contribution in [2.75, 3.05) is 25.5 Å². The fourth-order valence-corrected chi connectivity index (χ4v) is 4.81. The Morgan fingerprint density at radius 1 is 0.909 bits per heavy atom.